The van der Waals surface area contributed by atoms with Gasteiger partial charge in [0.1, 0.15) is 5.69 Å². The number of carbonyl (C=O) groups is 1. The summed E-state index contributed by atoms with van der Waals surface area (Å²) in [6.45, 7) is 4.51. The number of furan rings is 1. The maximum absolute atomic E-state index is 12.8. The molecule has 0 spiro atoms. The van der Waals surface area contributed by atoms with Gasteiger partial charge in [0, 0.05) is 11.4 Å². The molecule has 2 bridgehead atoms. The summed E-state index contributed by atoms with van der Waals surface area (Å²) >= 11 is 3.53. The molecule has 5 nitrogen and oxygen atoms in total. The van der Waals surface area contributed by atoms with Gasteiger partial charge in [-0.05, 0) is 50.9 Å². The van der Waals surface area contributed by atoms with E-state index < -0.39 is 0 Å². The molecule has 0 N–H and O–H groups in total. The van der Waals surface area contributed by atoms with Crippen molar-refractivity contribution < 1.29 is 9.21 Å². The lowest BCUT2D eigenvalue weighted by atomic mass is 9.79. The Labute approximate surface area is 137 Å². The van der Waals surface area contributed by atoms with Crippen LogP contribution in [0.4, 0.5) is 0 Å². The molecule has 2 aromatic heterocycles. The largest absolute Gasteiger partial charge is 0.463 e. The summed E-state index contributed by atoms with van der Waals surface area (Å²) in [6.07, 6.45) is 5.56. The van der Waals surface area contributed by atoms with Crippen LogP contribution in [0, 0.1) is 5.92 Å². The van der Waals surface area contributed by atoms with E-state index in [1.165, 1.54) is 12.8 Å². The number of nitrogens with zero attached hydrogens (tertiary/aromatic N) is 3. The van der Waals surface area contributed by atoms with E-state index >= 15 is 0 Å². The van der Waals surface area contributed by atoms with Gasteiger partial charge >= 0.3 is 0 Å². The van der Waals surface area contributed by atoms with Gasteiger partial charge in [-0.2, -0.15) is 0 Å². The van der Waals surface area contributed by atoms with Crippen LogP contribution >= 0.6 is 16.1 Å². The number of carbonyl (C=O) groups excluding carboxylic acids is 1. The van der Waals surface area contributed by atoms with Gasteiger partial charge in [0.2, 0.25) is 0 Å². The van der Waals surface area contributed by atoms with Gasteiger partial charge in [-0.3, -0.25) is 13.6 Å². The van der Waals surface area contributed by atoms with E-state index in [0.29, 0.717) is 23.2 Å². The van der Waals surface area contributed by atoms with Crippen molar-refractivity contribution in [2.24, 2.45) is 5.92 Å². The lowest BCUT2D eigenvalue weighted by Gasteiger charge is -2.51. The van der Waals surface area contributed by atoms with Gasteiger partial charge in [-0.15, -0.1) is 0 Å². The molecule has 3 saturated heterocycles. The molecule has 0 radical (unpaired) electrons. The third-order valence-electron chi connectivity index (χ3n) is 5.14. The fourth-order valence-electron chi connectivity index (χ4n) is 3.88. The van der Waals surface area contributed by atoms with Crippen LogP contribution in [0.1, 0.15) is 30.3 Å². The fraction of sp³-hybridized carbons (Fsp3) is 0.500. The highest BCUT2D eigenvalue weighted by Gasteiger charge is 2.44. The highest BCUT2D eigenvalue weighted by atomic mass is 79.9. The molecule has 5 heterocycles. The Kier molecular flexibility index (Phi) is 3.46. The van der Waals surface area contributed by atoms with E-state index in [-0.39, 0.29) is 11.9 Å². The minimum absolute atomic E-state index is 0.0753. The van der Waals surface area contributed by atoms with Crippen LogP contribution in [0.5, 0.6) is 0 Å². The first-order chi connectivity index (χ1) is 10.6. The summed E-state index contributed by atoms with van der Waals surface area (Å²) in [6, 6.07) is 4.23. The summed E-state index contributed by atoms with van der Waals surface area (Å²) < 4.78 is 7.01. The highest BCUT2D eigenvalue weighted by Crippen LogP contribution is 2.37. The summed E-state index contributed by atoms with van der Waals surface area (Å²) in [4.78, 5) is 19.5. The van der Waals surface area contributed by atoms with E-state index in [1.807, 2.05) is 6.07 Å². The minimum Gasteiger partial charge on any atom is -0.463 e. The van der Waals surface area contributed by atoms with Gasteiger partial charge < -0.3 is 4.42 Å². The monoisotopic (exact) mass is 363 g/mol. The lowest BCUT2D eigenvalue weighted by Crippen LogP contribution is -2.61. The van der Waals surface area contributed by atoms with Crippen molar-refractivity contribution >= 4 is 33.0 Å². The topological polar surface area (TPSA) is 49.6 Å². The van der Waals surface area contributed by atoms with Crippen LogP contribution in [0.2, 0.25) is 0 Å². The van der Waals surface area contributed by atoms with Crippen molar-refractivity contribution in [2.45, 2.75) is 31.8 Å². The number of aromatic nitrogens is 1. The zero-order valence-electron chi connectivity index (χ0n) is 12.4. The van der Waals surface area contributed by atoms with Crippen molar-refractivity contribution in [1.29, 1.82) is 0 Å². The predicted octanol–water partition coefficient (Wildman–Crippen LogP) is 3.06. The van der Waals surface area contributed by atoms with Crippen molar-refractivity contribution in [1.82, 2.24) is 13.8 Å². The van der Waals surface area contributed by atoms with E-state index in [9.17, 15) is 4.79 Å². The van der Waals surface area contributed by atoms with E-state index in [0.717, 1.165) is 18.5 Å². The van der Waals surface area contributed by atoms with E-state index in [1.54, 1.807) is 22.5 Å². The molecule has 116 valence electrons. The van der Waals surface area contributed by atoms with Crippen LogP contribution in [0.25, 0.3) is 11.0 Å². The number of pyridine rings is 1. The lowest BCUT2D eigenvalue weighted by molar-refractivity contribution is -0.000622. The SMILES string of the molecule is C[C@H]1[C@H](N(Br)C(=O)c2cc3ccoc3cn2)C2CCN1CC2. The average Bonchev–Trinajstić information content (AvgIpc) is 3.02. The number of hydrogen-bond donors (Lipinski definition) is 0. The molecule has 0 aromatic carbocycles. The van der Waals surface area contributed by atoms with Crippen LogP contribution < -0.4 is 0 Å². The molecule has 3 aliphatic rings. The minimum atomic E-state index is -0.0753. The molecule has 3 fully saturated rings. The fourth-order valence-corrected chi connectivity index (χ4v) is 4.74. The van der Waals surface area contributed by atoms with Crippen molar-refractivity contribution in [2.75, 3.05) is 13.1 Å². The second-order valence-electron chi connectivity index (χ2n) is 6.25. The number of hydrogen-bond acceptors (Lipinski definition) is 4. The van der Waals surface area contributed by atoms with Crippen molar-refractivity contribution in [3.05, 3.63) is 30.3 Å². The molecule has 3 aliphatic heterocycles. The van der Waals surface area contributed by atoms with Gasteiger partial charge in [0.05, 0.1) is 34.6 Å². The number of piperidine rings is 3. The van der Waals surface area contributed by atoms with Gasteiger partial charge in [-0.1, -0.05) is 0 Å². The van der Waals surface area contributed by atoms with E-state index in [4.69, 9.17) is 4.42 Å². The van der Waals surface area contributed by atoms with Gasteiger partial charge in [-0.25, -0.2) is 4.98 Å². The highest BCUT2D eigenvalue weighted by molar-refractivity contribution is 9.07. The Bertz CT molecular complexity index is 706. The van der Waals surface area contributed by atoms with Gasteiger partial charge in [0.25, 0.3) is 5.91 Å². The molecule has 0 saturated carbocycles. The molecule has 0 aliphatic carbocycles. The Hall–Kier alpha value is -1.40. The van der Waals surface area contributed by atoms with Crippen molar-refractivity contribution in [3.8, 4) is 0 Å². The van der Waals surface area contributed by atoms with E-state index in [2.05, 4.69) is 33.0 Å². The molecule has 6 heteroatoms. The molecule has 2 atom stereocenters. The molecule has 1 amide bonds. The molecule has 22 heavy (non-hydrogen) atoms. The third-order valence-corrected chi connectivity index (χ3v) is 5.94. The summed E-state index contributed by atoms with van der Waals surface area (Å²) in [5.41, 5.74) is 1.16. The molecule has 2 aromatic rings. The maximum Gasteiger partial charge on any atom is 0.282 e. The Morgan fingerprint density at radius 3 is 2.95 bits per heavy atom. The number of amides is 1. The molecular formula is C16H18BrN3O2. The number of rotatable bonds is 2. The summed E-state index contributed by atoms with van der Waals surface area (Å²) in [5.74, 6) is 0.495. The zero-order valence-corrected chi connectivity index (χ0v) is 14.0. The van der Waals surface area contributed by atoms with Crippen LogP contribution in [0.15, 0.2) is 29.0 Å². The van der Waals surface area contributed by atoms with Gasteiger partial charge in [0.15, 0.2) is 5.58 Å². The van der Waals surface area contributed by atoms with Crippen molar-refractivity contribution in [3.63, 3.8) is 0 Å². The smallest absolute Gasteiger partial charge is 0.282 e. The quantitative estimate of drug-likeness (QED) is 0.769. The van der Waals surface area contributed by atoms with Crippen LogP contribution in [0.3, 0.4) is 0 Å². The first-order valence-electron chi connectivity index (χ1n) is 7.72. The average molecular weight is 364 g/mol. The number of halogens is 1. The second-order valence-corrected chi connectivity index (χ2v) is 7.01. The summed E-state index contributed by atoms with van der Waals surface area (Å²) in [5, 5.41) is 0.904. The predicted molar refractivity (Wildman–Crippen MR) is 86.7 cm³/mol. The van der Waals surface area contributed by atoms with Crippen LogP contribution in [-0.4, -0.2) is 44.9 Å². The maximum atomic E-state index is 12.8. The molecule has 0 unspecified atom stereocenters. The third kappa shape index (κ3) is 2.16. The second kappa shape index (κ2) is 5.35. The summed E-state index contributed by atoms with van der Waals surface area (Å²) in [7, 11) is 0. The first kappa shape index (κ1) is 14.2. The molecule has 5 rings (SSSR count). The Morgan fingerprint density at radius 1 is 1.45 bits per heavy atom. The Balaban J connectivity index is 1.61. The first-order valence-corrected chi connectivity index (χ1v) is 8.43. The number of fused-ring (bicyclic) bond motifs is 4. The van der Waals surface area contributed by atoms with Crippen LogP contribution in [-0.2, 0) is 0 Å². The molecular weight excluding hydrogens is 346 g/mol. The zero-order chi connectivity index (χ0) is 15.3. The standard InChI is InChI=1S/C16H18BrN3O2/c1-10-15(11-2-5-19(10)6-3-11)20(17)16(21)13-8-12-4-7-22-14(12)9-18-13/h4,7-11,15H,2-3,5-6H2,1H3/t10-,15-/m0/s1. The normalized spacial score (nSPS) is 30.6. The Morgan fingerprint density at radius 2 is 2.23 bits per heavy atom.